The van der Waals surface area contributed by atoms with Crippen molar-refractivity contribution in [2.45, 2.75) is 19.5 Å². The van der Waals surface area contributed by atoms with Crippen molar-refractivity contribution in [3.63, 3.8) is 0 Å². The molecule has 8 heteroatoms. The number of nitrogens with zero attached hydrogens (tertiary/aromatic N) is 4. The minimum Gasteiger partial charge on any atom is -0.306 e. The zero-order chi connectivity index (χ0) is 20.5. The van der Waals surface area contributed by atoms with Gasteiger partial charge in [-0.1, -0.05) is 0 Å². The number of benzene rings is 1. The molecule has 1 aliphatic rings. The highest BCUT2D eigenvalue weighted by Crippen LogP contribution is 2.25. The van der Waals surface area contributed by atoms with Gasteiger partial charge in [0.05, 0.1) is 23.5 Å². The summed E-state index contributed by atoms with van der Waals surface area (Å²) in [5.74, 6) is 0.325. The predicted molar refractivity (Wildman–Crippen MR) is 113 cm³/mol. The fraction of sp³-hybridized carbons (Fsp3) is 0.182. The topological polar surface area (TPSA) is 74.8 Å². The van der Waals surface area contributed by atoms with Gasteiger partial charge in [0.15, 0.2) is 0 Å². The van der Waals surface area contributed by atoms with E-state index in [-0.39, 0.29) is 11.4 Å². The van der Waals surface area contributed by atoms with Crippen LogP contribution in [0.4, 0.5) is 4.39 Å². The molecule has 0 saturated carbocycles. The van der Waals surface area contributed by atoms with Crippen LogP contribution in [-0.4, -0.2) is 31.4 Å². The third-order valence-corrected chi connectivity index (χ3v) is 5.99. The Balaban J connectivity index is 1.33. The van der Waals surface area contributed by atoms with Crippen molar-refractivity contribution in [1.29, 1.82) is 0 Å². The van der Waals surface area contributed by atoms with Crippen LogP contribution in [0.3, 0.4) is 0 Å². The molecule has 4 aromatic rings. The maximum absolute atomic E-state index is 13.1. The average Bonchev–Trinajstić information content (AvgIpc) is 3.23. The number of H-pyrrole nitrogens is 1. The van der Waals surface area contributed by atoms with Crippen molar-refractivity contribution in [1.82, 2.24) is 24.8 Å². The zero-order valence-corrected chi connectivity index (χ0v) is 16.8. The molecule has 5 rings (SSSR count). The Labute approximate surface area is 176 Å². The van der Waals surface area contributed by atoms with Gasteiger partial charge in [-0.05, 0) is 36.4 Å². The Hall–Kier alpha value is -3.23. The van der Waals surface area contributed by atoms with E-state index in [1.165, 1.54) is 12.1 Å². The number of fused-ring (bicyclic) bond motifs is 1. The number of thiazole rings is 1. The molecule has 150 valence electrons. The first-order valence-corrected chi connectivity index (χ1v) is 10.5. The van der Waals surface area contributed by atoms with Crippen molar-refractivity contribution in [2.24, 2.45) is 0 Å². The van der Waals surface area contributed by atoms with Crippen LogP contribution in [0, 0.1) is 5.82 Å². The van der Waals surface area contributed by atoms with Crippen LogP contribution in [0.2, 0.25) is 0 Å². The predicted octanol–water partition coefficient (Wildman–Crippen LogP) is 3.65. The summed E-state index contributed by atoms with van der Waals surface area (Å²) in [7, 11) is 0. The summed E-state index contributed by atoms with van der Waals surface area (Å²) >= 11 is 1.57. The molecule has 0 atom stereocenters. The van der Waals surface area contributed by atoms with E-state index in [1.807, 2.05) is 17.5 Å². The third kappa shape index (κ3) is 3.79. The molecule has 6 nitrogen and oxygen atoms in total. The van der Waals surface area contributed by atoms with Gasteiger partial charge < -0.3 is 4.98 Å². The van der Waals surface area contributed by atoms with Gasteiger partial charge in [0, 0.05) is 48.4 Å². The lowest BCUT2D eigenvalue weighted by molar-refractivity contribution is 0.241. The normalized spacial score (nSPS) is 13.9. The molecule has 0 unspecified atom stereocenters. The van der Waals surface area contributed by atoms with Crippen LogP contribution < -0.4 is 5.56 Å². The molecule has 4 heterocycles. The molecule has 0 fully saturated rings. The molecular formula is C22H18FN5OS. The quantitative estimate of drug-likeness (QED) is 0.547. The molecule has 0 aliphatic carbocycles. The van der Waals surface area contributed by atoms with Crippen molar-refractivity contribution >= 4 is 11.3 Å². The monoisotopic (exact) mass is 419 g/mol. The highest BCUT2D eigenvalue weighted by molar-refractivity contribution is 7.09. The number of aromatic nitrogens is 4. The number of hydrogen-bond donors (Lipinski definition) is 1. The Kier molecular flexibility index (Phi) is 4.94. The van der Waals surface area contributed by atoms with Gasteiger partial charge in [0.2, 0.25) is 0 Å². The summed E-state index contributed by atoms with van der Waals surface area (Å²) in [6.07, 6.45) is 4.09. The first-order valence-electron chi connectivity index (χ1n) is 9.61. The zero-order valence-electron chi connectivity index (χ0n) is 16.0. The number of halogens is 1. The van der Waals surface area contributed by atoms with Crippen LogP contribution in [0.1, 0.15) is 16.3 Å². The fourth-order valence-electron chi connectivity index (χ4n) is 3.59. The van der Waals surface area contributed by atoms with Gasteiger partial charge in [-0.3, -0.25) is 14.7 Å². The maximum Gasteiger partial charge on any atom is 0.255 e. The smallest absolute Gasteiger partial charge is 0.255 e. The standard InChI is InChI=1S/C22H18FN5OS/c23-16-3-1-14(2-4-16)19-13-30-20(25-19)12-28-10-7-18-17(11-28)22(29)27-21(26-18)15-5-8-24-9-6-15/h1-6,8-9,13H,7,10-12H2,(H,26,27,29). The summed E-state index contributed by atoms with van der Waals surface area (Å²) < 4.78 is 13.1. The average molecular weight is 419 g/mol. The van der Waals surface area contributed by atoms with Crippen molar-refractivity contribution in [2.75, 3.05) is 6.54 Å². The summed E-state index contributed by atoms with van der Waals surface area (Å²) in [5, 5.41) is 2.95. The molecule has 0 bridgehead atoms. The van der Waals surface area contributed by atoms with E-state index in [4.69, 9.17) is 0 Å². The van der Waals surface area contributed by atoms with Crippen LogP contribution >= 0.6 is 11.3 Å². The van der Waals surface area contributed by atoms with Gasteiger partial charge in [0.1, 0.15) is 16.6 Å². The molecule has 1 aromatic carbocycles. The van der Waals surface area contributed by atoms with Gasteiger partial charge in [-0.2, -0.15) is 0 Å². The van der Waals surface area contributed by atoms with Crippen molar-refractivity contribution < 1.29 is 4.39 Å². The molecule has 1 N–H and O–H groups in total. The Morgan fingerprint density at radius 3 is 2.67 bits per heavy atom. The Morgan fingerprint density at radius 1 is 1.07 bits per heavy atom. The largest absolute Gasteiger partial charge is 0.306 e. The molecule has 3 aromatic heterocycles. The van der Waals surface area contributed by atoms with Crippen LogP contribution in [0.15, 0.2) is 59.0 Å². The van der Waals surface area contributed by atoms with E-state index in [9.17, 15) is 9.18 Å². The SMILES string of the molecule is O=c1[nH]c(-c2ccncc2)nc2c1CN(Cc1nc(-c3ccc(F)cc3)cs1)CC2. The summed E-state index contributed by atoms with van der Waals surface area (Å²) in [6.45, 7) is 2.02. The lowest BCUT2D eigenvalue weighted by Gasteiger charge is -2.26. The van der Waals surface area contributed by atoms with Crippen LogP contribution in [0.5, 0.6) is 0 Å². The number of aromatic amines is 1. The van der Waals surface area contributed by atoms with Crippen LogP contribution in [0.25, 0.3) is 22.6 Å². The number of pyridine rings is 1. The van der Waals surface area contributed by atoms with E-state index in [0.29, 0.717) is 25.3 Å². The highest BCUT2D eigenvalue weighted by atomic mass is 32.1. The Morgan fingerprint density at radius 2 is 1.87 bits per heavy atom. The van der Waals surface area contributed by atoms with Gasteiger partial charge in [0.25, 0.3) is 5.56 Å². The minimum atomic E-state index is -0.257. The second kappa shape index (κ2) is 7.89. The first-order chi connectivity index (χ1) is 14.7. The number of rotatable bonds is 4. The molecule has 30 heavy (non-hydrogen) atoms. The van der Waals surface area contributed by atoms with Crippen LogP contribution in [-0.2, 0) is 19.5 Å². The minimum absolute atomic E-state index is 0.0948. The van der Waals surface area contributed by atoms with E-state index in [1.54, 1.807) is 35.9 Å². The molecule has 0 amide bonds. The third-order valence-electron chi connectivity index (χ3n) is 5.15. The number of nitrogens with one attached hydrogen (secondary N) is 1. The number of hydrogen-bond acceptors (Lipinski definition) is 6. The molecular weight excluding hydrogens is 401 g/mol. The summed E-state index contributed by atoms with van der Waals surface area (Å²) in [6, 6.07) is 10.0. The summed E-state index contributed by atoms with van der Waals surface area (Å²) in [4.78, 5) is 31.2. The van der Waals surface area contributed by atoms with E-state index < -0.39 is 0 Å². The summed E-state index contributed by atoms with van der Waals surface area (Å²) in [5.41, 5.74) is 4.06. The van der Waals surface area contributed by atoms with E-state index >= 15 is 0 Å². The fourth-order valence-corrected chi connectivity index (χ4v) is 4.44. The second-order valence-electron chi connectivity index (χ2n) is 7.17. The Bertz CT molecular complexity index is 1240. The molecule has 1 aliphatic heterocycles. The molecule has 0 spiro atoms. The molecule has 0 saturated heterocycles. The van der Waals surface area contributed by atoms with E-state index in [0.717, 1.165) is 39.6 Å². The lowest BCUT2D eigenvalue weighted by atomic mass is 10.1. The van der Waals surface area contributed by atoms with Crippen molar-refractivity contribution in [3.8, 4) is 22.6 Å². The first kappa shape index (κ1) is 18.8. The van der Waals surface area contributed by atoms with Gasteiger partial charge >= 0.3 is 0 Å². The molecule has 0 radical (unpaired) electrons. The van der Waals surface area contributed by atoms with Gasteiger partial charge in [-0.25, -0.2) is 14.4 Å². The maximum atomic E-state index is 13.1. The lowest BCUT2D eigenvalue weighted by Crippen LogP contribution is -2.35. The highest BCUT2D eigenvalue weighted by Gasteiger charge is 2.22. The van der Waals surface area contributed by atoms with Gasteiger partial charge in [-0.15, -0.1) is 11.3 Å². The second-order valence-corrected chi connectivity index (χ2v) is 8.11. The van der Waals surface area contributed by atoms with Crippen molar-refractivity contribution in [3.05, 3.63) is 86.6 Å². The van der Waals surface area contributed by atoms with E-state index in [2.05, 4.69) is 24.8 Å².